The smallest absolute Gasteiger partial charge is 0.287 e. The molecule has 15 heavy (non-hydrogen) atoms. The van der Waals surface area contributed by atoms with Crippen molar-refractivity contribution in [3.8, 4) is 0 Å². The number of nitrogens with zero attached hydrogens (tertiary/aromatic N) is 1. The molecular weight excluding hydrogens is 216 g/mol. The zero-order valence-corrected chi connectivity index (χ0v) is 9.19. The van der Waals surface area contributed by atoms with Gasteiger partial charge in [0.25, 0.3) is 5.91 Å². The van der Waals surface area contributed by atoms with Crippen molar-refractivity contribution < 1.29 is 4.79 Å². The largest absolute Gasteiger partial charge is 0.344 e. The average Bonchev–Trinajstić information content (AvgIpc) is 2.53. The number of nitrogens with one attached hydrogen (secondary N) is 3. The minimum atomic E-state index is -0.192. The van der Waals surface area contributed by atoms with Gasteiger partial charge in [0, 0.05) is 13.1 Å². The van der Waals surface area contributed by atoms with E-state index in [0.717, 1.165) is 25.2 Å². The lowest BCUT2D eigenvalue weighted by molar-refractivity contribution is 0.0914. The van der Waals surface area contributed by atoms with Gasteiger partial charge in [0.1, 0.15) is 0 Å². The van der Waals surface area contributed by atoms with Crippen molar-refractivity contribution in [1.82, 2.24) is 20.6 Å². The molecule has 1 aromatic rings. The Morgan fingerprint density at radius 3 is 2.87 bits per heavy atom. The van der Waals surface area contributed by atoms with Crippen LogP contribution < -0.4 is 10.6 Å². The number of imidazole rings is 1. The number of carbonyl (C=O) groups is 1. The molecule has 1 aliphatic rings. The van der Waals surface area contributed by atoms with E-state index in [-0.39, 0.29) is 11.9 Å². The molecule has 6 heteroatoms. The topological polar surface area (TPSA) is 69.8 Å². The molecule has 1 saturated heterocycles. The Kier molecular flexibility index (Phi) is 2.93. The molecule has 82 valence electrons. The van der Waals surface area contributed by atoms with Crippen LogP contribution in [0.3, 0.4) is 0 Å². The van der Waals surface area contributed by atoms with E-state index < -0.39 is 0 Å². The zero-order chi connectivity index (χ0) is 10.8. The molecule has 0 aliphatic carbocycles. The molecule has 0 atom stereocenters. The highest BCUT2D eigenvalue weighted by atomic mass is 35.5. The molecule has 1 aliphatic heterocycles. The second-order valence-corrected chi connectivity index (χ2v) is 3.89. The number of aromatic nitrogens is 2. The number of aromatic amines is 1. The average molecular weight is 229 g/mol. The van der Waals surface area contributed by atoms with E-state index >= 15 is 0 Å². The van der Waals surface area contributed by atoms with Gasteiger partial charge in [-0.15, -0.1) is 0 Å². The van der Waals surface area contributed by atoms with Gasteiger partial charge in [-0.3, -0.25) is 4.79 Å². The first-order valence-electron chi connectivity index (χ1n) is 4.96. The summed E-state index contributed by atoms with van der Waals surface area (Å²) in [5.74, 6) is 0.104. The molecule has 0 aromatic carbocycles. The van der Waals surface area contributed by atoms with E-state index in [0.29, 0.717) is 11.0 Å². The Hall–Kier alpha value is -1.07. The summed E-state index contributed by atoms with van der Waals surface area (Å²) in [6.45, 7) is 3.60. The van der Waals surface area contributed by atoms with Crippen LogP contribution in [0.4, 0.5) is 0 Å². The molecule has 1 aromatic heterocycles. The third kappa shape index (κ3) is 2.13. The molecule has 2 rings (SSSR count). The Morgan fingerprint density at radius 2 is 2.40 bits per heavy atom. The van der Waals surface area contributed by atoms with Gasteiger partial charge < -0.3 is 15.6 Å². The van der Waals surface area contributed by atoms with Crippen LogP contribution in [0.5, 0.6) is 0 Å². The Labute approximate surface area is 92.6 Å². The first-order valence-corrected chi connectivity index (χ1v) is 5.34. The van der Waals surface area contributed by atoms with Gasteiger partial charge in [-0.2, -0.15) is 0 Å². The number of aryl methyl sites for hydroxylation is 1. The minimum absolute atomic E-state index is 0.192. The molecular formula is C9H13ClN4O. The number of carbonyl (C=O) groups excluding carboxylic acids is 1. The van der Waals surface area contributed by atoms with Gasteiger partial charge in [-0.05, 0) is 6.42 Å². The highest BCUT2D eigenvalue weighted by molar-refractivity contribution is 6.30. The van der Waals surface area contributed by atoms with E-state index in [2.05, 4.69) is 20.6 Å². The summed E-state index contributed by atoms with van der Waals surface area (Å²) >= 11 is 5.84. The monoisotopic (exact) mass is 228 g/mol. The summed E-state index contributed by atoms with van der Waals surface area (Å²) in [6, 6.07) is 0.214. The number of hydrogen-bond donors (Lipinski definition) is 3. The molecule has 1 amide bonds. The predicted octanol–water partition coefficient (Wildman–Crippen LogP) is 0.327. The van der Waals surface area contributed by atoms with Crippen LogP contribution in [-0.2, 0) is 6.42 Å². The fourth-order valence-electron chi connectivity index (χ4n) is 1.37. The van der Waals surface area contributed by atoms with Crippen LogP contribution in [0.15, 0.2) is 0 Å². The number of H-pyrrole nitrogens is 1. The maximum absolute atomic E-state index is 11.6. The van der Waals surface area contributed by atoms with Crippen LogP contribution in [0, 0.1) is 0 Å². The number of hydrogen-bond acceptors (Lipinski definition) is 3. The Bertz CT molecular complexity index is 372. The third-order valence-electron chi connectivity index (χ3n) is 2.41. The van der Waals surface area contributed by atoms with E-state index in [9.17, 15) is 4.79 Å². The van der Waals surface area contributed by atoms with Gasteiger partial charge >= 0.3 is 0 Å². The highest BCUT2D eigenvalue weighted by Crippen LogP contribution is 2.13. The standard InChI is InChI=1S/C9H13ClN4O/c1-2-6-7(10)14-8(13-6)9(15)12-5-3-11-4-5/h5,11H,2-4H2,1H3,(H,12,15)(H,13,14). The van der Waals surface area contributed by atoms with Gasteiger partial charge in [0.2, 0.25) is 0 Å². The minimum Gasteiger partial charge on any atom is -0.344 e. The van der Waals surface area contributed by atoms with E-state index in [1.807, 2.05) is 6.92 Å². The zero-order valence-electron chi connectivity index (χ0n) is 8.43. The molecule has 2 heterocycles. The number of rotatable bonds is 3. The van der Waals surface area contributed by atoms with Gasteiger partial charge in [0.15, 0.2) is 11.0 Å². The van der Waals surface area contributed by atoms with E-state index in [1.54, 1.807) is 0 Å². The molecule has 5 nitrogen and oxygen atoms in total. The number of amides is 1. The van der Waals surface area contributed by atoms with Crippen LogP contribution in [0.25, 0.3) is 0 Å². The second kappa shape index (κ2) is 4.20. The van der Waals surface area contributed by atoms with Crippen LogP contribution in [0.2, 0.25) is 5.15 Å². The van der Waals surface area contributed by atoms with Crippen LogP contribution in [-0.4, -0.2) is 35.0 Å². The summed E-state index contributed by atoms with van der Waals surface area (Å²) in [7, 11) is 0. The van der Waals surface area contributed by atoms with Crippen molar-refractivity contribution in [3.63, 3.8) is 0 Å². The summed E-state index contributed by atoms with van der Waals surface area (Å²) < 4.78 is 0. The van der Waals surface area contributed by atoms with Crippen molar-refractivity contribution in [2.24, 2.45) is 0 Å². The van der Waals surface area contributed by atoms with E-state index in [1.165, 1.54) is 0 Å². The fourth-order valence-corrected chi connectivity index (χ4v) is 1.64. The lowest BCUT2D eigenvalue weighted by Crippen LogP contribution is -2.57. The molecule has 0 bridgehead atoms. The lowest BCUT2D eigenvalue weighted by atomic mass is 10.2. The normalized spacial score (nSPS) is 16.1. The maximum Gasteiger partial charge on any atom is 0.287 e. The molecule has 0 unspecified atom stereocenters. The summed E-state index contributed by atoms with van der Waals surface area (Å²) in [5.41, 5.74) is 0.800. The summed E-state index contributed by atoms with van der Waals surface area (Å²) in [4.78, 5) is 18.5. The highest BCUT2D eigenvalue weighted by Gasteiger charge is 2.21. The SMILES string of the molecule is CCc1[nH]c(C(=O)NC2CNC2)nc1Cl. The van der Waals surface area contributed by atoms with Gasteiger partial charge in [-0.1, -0.05) is 18.5 Å². The summed E-state index contributed by atoms with van der Waals surface area (Å²) in [5, 5.41) is 6.30. The van der Waals surface area contributed by atoms with Crippen molar-refractivity contribution in [3.05, 3.63) is 16.7 Å². The van der Waals surface area contributed by atoms with Crippen molar-refractivity contribution >= 4 is 17.5 Å². The summed E-state index contributed by atoms with van der Waals surface area (Å²) in [6.07, 6.45) is 0.740. The molecule has 3 N–H and O–H groups in total. The maximum atomic E-state index is 11.6. The van der Waals surface area contributed by atoms with Crippen molar-refractivity contribution in [2.75, 3.05) is 13.1 Å². The molecule has 0 saturated carbocycles. The van der Waals surface area contributed by atoms with Crippen molar-refractivity contribution in [2.45, 2.75) is 19.4 Å². The molecule has 1 fully saturated rings. The first kappa shape index (κ1) is 10.4. The van der Waals surface area contributed by atoms with Gasteiger partial charge in [-0.25, -0.2) is 4.98 Å². The number of halogens is 1. The van der Waals surface area contributed by atoms with Crippen LogP contribution in [0.1, 0.15) is 23.2 Å². The van der Waals surface area contributed by atoms with E-state index in [4.69, 9.17) is 11.6 Å². The first-order chi connectivity index (χ1) is 7.20. The third-order valence-corrected chi connectivity index (χ3v) is 2.73. The lowest BCUT2D eigenvalue weighted by Gasteiger charge is -2.27. The predicted molar refractivity (Wildman–Crippen MR) is 57.1 cm³/mol. The van der Waals surface area contributed by atoms with Crippen LogP contribution >= 0.6 is 11.6 Å². The molecule has 0 spiro atoms. The van der Waals surface area contributed by atoms with Crippen molar-refractivity contribution in [1.29, 1.82) is 0 Å². The molecule has 0 radical (unpaired) electrons. The Balaban J connectivity index is 2.04. The quantitative estimate of drug-likeness (QED) is 0.698. The fraction of sp³-hybridized carbons (Fsp3) is 0.556. The van der Waals surface area contributed by atoms with Gasteiger partial charge in [0.05, 0.1) is 11.7 Å². The Morgan fingerprint density at radius 1 is 1.67 bits per heavy atom. The second-order valence-electron chi connectivity index (χ2n) is 3.54.